The van der Waals surface area contributed by atoms with Crippen molar-refractivity contribution in [3.05, 3.63) is 74.4 Å². The van der Waals surface area contributed by atoms with Crippen molar-refractivity contribution in [1.29, 1.82) is 0 Å². The summed E-state index contributed by atoms with van der Waals surface area (Å²) in [5.74, 6) is -0.135. The zero-order valence-corrected chi connectivity index (χ0v) is 22.0. The first-order valence-corrected chi connectivity index (χ1v) is 12.1. The summed E-state index contributed by atoms with van der Waals surface area (Å²) in [5.41, 5.74) is 5.74. The van der Waals surface area contributed by atoms with Crippen LogP contribution in [0.3, 0.4) is 0 Å². The van der Waals surface area contributed by atoms with Gasteiger partial charge >= 0.3 is 6.18 Å². The van der Waals surface area contributed by atoms with Crippen molar-refractivity contribution < 1.29 is 32.3 Å². The second-order valence-electron chi connectivity index (χ2n) is 8.51. The van der Waals surface area contributed by atoms with Gasteiger partial charge in [-0.15, -0.1) is 0 Å². The molecule has 0 aromatic heterocycles. The van der Waals surface area contributed by atoms with Crippen LogP contribution < -0.4 is 10.8 Å². The molecule has 2 N–H and O–H groups in total. The van der Waals surface area contributed by atoms with Crippen LogP contribution in [-0.2, 0) is 25.5 Å². The van der Waals surface area contributed by atoms with Crippen molar-refractivity contribution in [1.82, 2.24) is 10.8 Å². The number of carbonyl (C=O) groups is 1. The predicted molar refractivity (Wildman–Crippen MR) is 136 cm³/mol. The number of benzene rings is 2. The van der Waals surface area contributed by atoms with Crippen LogP contribution in [0.25, 0.3) is 11.3 Å². The summed E-state index contributed by atoms with van der Waals surface area (Å²) in [6, 6.07) is 8.66. The minimum Gasteiger partial charge on any atom is -0.381 e. The van der Waals surface area contributed by atoms with Gasteiger partial charge < -0.3 is 14.8 Å². The standard InChI is InChI=1S/C26H27Cl2F3N2O4/c1-15(36-3)8-25(34)32-23-7-5-16-9-17(4-6-21(16)23)24(33-37-14-35-2)13-22(26(29,30)31)18-10-19(27)12-20(28)11-18/h4,6,9-12,15,23,33H,5,7-8,14H2,1-3H3,(H,32,34). The molecule has 2 aromatic carbocycles. The van der Waals surface area contributed by atoms with Gasteiger partial charge in [0.1, 0.15) is 11.3 Å². The molecule has 0 saturated heterocycles. The Kier molecular flexibility index (Phi) is 10.1. The number of allylic oxidation sites excluding steroid dienone is 1. The number of hydrogen-bond donors (Lipinski definition) is 2. The number of hydrogen-bond acceptors (Lipinski definition) is 5. The van der Waals surface area contributed by atoms with Gasteiger partial charge in [0.15, 0.2) is 6.79 Å². The molecule has 0 spiro atoms. The Labute approximate surface area is 223 Å². The SMILES string of the molecule is COCONC(=C=C(c1cc(Cl)cc(Cl)c1)C(F)(F)F)c1ccc2c(c1)CCC2NC(=O)CC(C)OC. The summed E-state index contributed by atoms with van der Waals surface area (Å²) >= 11 is 11.9. The van der Waals surface area contributed by atoms with Gasteiger partial charge in [-0.1, -0.05) is 41.1 Å². The minimum absolute atomic E-state index is 0.0571. The maximum absolute atomic E-state index is 14.1. The lowest BCUT2D eigenvalue weighted by molar-refractivity contribution is -0.124. The minimum atomic E-state index is -4.77. The molecule has 0 bridgehead atoms. The van der Waals surface area contributed by atoms with Crippen LogP contribution in [0.5, 0.6) is 0 Å². The number of aryl methyl sites for hydroxylation is 1. The van der Waals surface area contributed by atoms with E-state index in [-0.39, 0.29) is 52.6 Å². The van der Waals surface area contributed by atoms with Crippen molar-refractivity contribution >= 4 is 40.4 Å². The maximum atomic E-state index is 14.1. The highest BCUT2D eigenvalue weighted by molar-refractivity contribution is 6.34. The highest BCUT2D eigenvalue weighted by Gasteiger charge is 2.36. The zero-order chi connectivity index (χ0) is 27.2. The number of amides is 1. The number of hydroxylamine groups is 1. The van der Waals surface area contributed by atoms with E-state index in [1.54, 1.807) is 32.2 Å². The summed E-state index contributed by atoms with van der Waals surface area (Å²) in [4.78, 5) is 17.5. The lowest BCUT2D eigenvalue weighted by Crippen LogP contribution is -2.30. The van der Waals surface area contributed by atoms with Crippen molar-refractivity contribution in [2.45, 2.75) is 44.5 Å². The van der Waals surface area contributed by atoms with E-state index in [4.69, 9.17) is 37.5 Å². The first-order chi connectivity index (χ1) is 17.5. The van der Waals surface area contributed by atoms with Crippen LogP contribution >= 0.6 is 23.2 Å². The number of carbonyl (C=O) groups excluding carboxylic acids is 1. The molecule has 2 aromatic rings. The predicted octanol–water partition coefficient (Wildman–Crippen LogP) is 6.23. The Morgan fingerprint density at radius 3 is 2.46 bits per heavy atom. The molecule has 37 heavy (non-hydrogen) atoms. The van der Waals surface area contributed by atoms with Gasteiger partial charge in [0.05, 0.1) is 18.6 Å². The van der Waals surface area contributed by atoms with Gasteiger partial charge in [0.2, 0.25) is 5.91 Å². The molecule has 1 amide bonds. The fraction of sp³-hybridized carbons (Fsp3) is 0.385. The van der Waals surface area contributed by atoms with Crippen LogP contribution in [0.15, 0.2) is 42.1 Å². The Morgan fingerprint density at radius 2 is 1.84 bits per heavy atom. The summed E-state index contributed by atoms with van der Waals surface area (Å²) in [6.45, 7) is 1.59. The topological polar surface area (TPSA) is 68.8 Å². The zero-order valence-electron chi connectivity index (χ0n) is 20.5. The normalized spacial score (nSPS) is 15.5. The maximum Gasteiger partial charge on any atom is 0.424 e. The summed E-state index contributed by atoms with van der Waals surface area (Å²) in [5, 5.41) is 3.11. The van der Waals surface area contributed by atoms with E-state index in [0.29, 0.717) is 18.4 Å². The summed E-state index contributed by atoms with van der Waals surface area (Å²) < 4.78 is 52.3. The fourth-order valence-electron chi connectivity index (χ4n) is 3.97. The molecular formula is C26H27Cl2F3N2O4. The summed E-state index contributed by atoms with van der Waals surface area (Å²) in [6.07, 6.45) is -3.44. The number of ether oxygens (including phenoxy) is 2. The van der Waals surface area contributed by atoms with Crippen LogP contribution in [0, 0.1) is 0 Å². The first-order valence-electron chi connectivity index (χ1n) is 11.4. The molecule has 1 aliphatic carbocycles. The molecule has 0 radical (unpaired) electrons. The number of halogens is 5. The smallest absolute Gasteiger partial charge is 0.381 e. The highest BCUT2D eigenvalue weighted by Crippen LogP contribution is 2.37. The van der Waals surface area contributed by atoms with Crippen LogP contribution in [0.1, 0.15) is 48.1 Å². The largest absolute Gasteiger partial charge is 0.424 e. The van der Waals surface area contributed by atoms with E-state index in [9.17, 15) is 18.0 Å². The van der Waals surface area contributed by atoms with E-state index >= 15 is 0 Å². The molecule has 0 saturated carbocycles. The third-order valence-electron chi connectivity index (χ3n) is 5.76. The van der Waals surface area contributed by atoms with Crippen LogP contribution in [-0.4, -0.2) is 39.2 Å². The molecule has 11 heteroatoms. The summed E-state index contributed by atoms with van der Waals surface area (Å²) in [7, 11) is 2.92. The molecule has 6 nitrogen and oxygen atoms in total. The fourth-order valence-corrected chi connectivity index (χ4v) is 4.49. The Morgan fingerprint density at radius 1 is 1.14 bits per heavy atom. The molecule has 0 fully saturated rings. The number of methoxy groups -OCH3 is 2. The van der Waals surface area contributed by atoms with Crippen molar-refractivity contribution in [3.8, 4) is 0 Å². The second-order valence-corrected chi connectivity index (χ2v) is 9.38. The highest BCUT2D eigenvalue weighted by atomic mass is 35.5. The van der Waals surface area contributed by atoms with Gasteiger partial charge in [0, 0.05) is 29.8 Å². The van der Waals surface area contributed by atoms with Crippen molar-refractivity contribution in [3.63, 3.8) is 0 Å². The van der Waals surface area contributed by atoms with Gasteiger partial charge in [-0.05, 0) is 60.7 Å². The molecule has 2 unspecified atom stereocenters. The molecule has 1 aliphatic rings. The second kappa shape index (κ2) is 12.8. The Bertz CT molecular complexity index is 1180. The number of nitrogens with one attached hydrogen (secondary N) is 2. The van der Waals surface area contributed by atoms with E-state index in [1.165, 1.54) is 13.2 Å². The Hall–Kier alpha value is -2.52. The lowest BCUT2D eigenvalue weighted by atomic mass is 10.0. The number of alkyl halides is 3. The van der Waals surface area contributed by atoms with Crippen molar-refractivity contribution in [2.75, 3.05) is 21.0 Å². The number of rotatable bonds is 10. The van der Waals surface area contributed by atoms with Crippen molar-refractivity contribution in [2.24, 2.45) is 0 Å². The van der Waals surface area contributed by atoms with E-state index in [2.05, 4.69) is 16.5 Å². The molecule has 3 rings (SSSR count). The molecular weight excluding hydrogens is 532 g/mol. The van der Waals surface area contributed by atoms with E-state index in [1.807, 2.05) is 0 Å². The van der Waals surface area contributed by atoms with E-state index < -0.39 is 11.7 Å². The van der Waals surface area contributed by atoms with Crippen LogP contribution in [0.2, 0.25) is 10.0 Å². The van der Waals surface area contributed by atoms with Gasteiger partial charge in [0.25, 0.3) is 0 Å². The third-order valence-corrected chi connectivity index (χ3v) is 6.19. The van der Waals surface area contributed by atoms with Crippen LogP contribution in [0.4, 0.5) is 13.2 Å². The molecule has 2 atom stereocenters. The van der Waals surface area contributed by atoms with Gasteiger partial charge in [-0.2, -0.15) is 13.2 Å². The average Bonchev–Trinajstić information content (AvgIpc) is 3.21. The molecule has 0 aliphatic heterocycles. The lowest BCUT2D eigenvalue weighted by Gasteiger charge is -2.17. The van der Waals surface area contributed by atoms with E-state index in [0.717, 1.165) is 23.3 Å². The average molecular weight is 559 g/mol. The quantitative estimate of drug-likeness (QED) is 0.156. The van der Waals surface area contributed by atoms with Gasteiger partial charge in [-0.25, -0.2) is 4.84 Å². The first kappa shape index (κ1) is 29.0. The molecule has 0 heterocycles. The van der Waals surface area contributed by atoms with Gasteiger partial charge in [-0.3, -0.25) is 10.3 Å². The molecule has 200 valence electrons. The monoisotopic (exact) mass is 558 g/mol. The Balaban J connectivity index is 2.03. The third kappa shape index (κ3) is 7.98. The number of fused-ring (bicyclic) bond motifs is 1.